The summed E-state index contributed by atoms with van der Waals surface area (Å²) in [4.78, 5) is 8.80. The summed E-state index contributed by atoms with van der Waals surface area (Å²) >= 11 is 5.82. The summed E-state index contributed by atoms with van der Waals surface area (Å²) in [6.07, 6.45) is 1.83. The van der Waals surface area contributed by atoms with Gasteiger partial charge in [0.05, 0.1) is 11.6 Å². The SMILES string of the molecule is CCN(c1ccnc(CCl)c1)C(C)CN(C)C. The number of anilines is 1. The van der Waals surface area contributed by atoms with Crippen LogP contribution in [-0.4, -0.2) is 43.1 Å². The number of likely N-dealkylation sites (N-methyl/N-ethyl adjacent to an activating group) is 2. The van der Waals surface area contributed by atoms with Crippen LogP contribution < -0.4 is 4.90 Å². The highest BCUT2D eigenvalue weighted by molar-refractivity contribution is 6.16. The van der Waals surface area contributed by atoms with Crippen molar-refractivity contribution in [1.82, 2.24) is 9.88 Å². The van der Waals surface area contributed by atoms with Gasteiger partial charge in [-0.25, -0.2) is 0 Å². The molecule has 3 nitrogen and oxygen atoms in total. The maximum Gasteiger partial charge on any atom is 0.0648 e. The number of pyridine rings is 1. The van der Waals surface area contributed by atoms with Crippen molar-refractivity contribution in [2.75, 3.05) is 32.1 Å². The van der Waals surface area contributed by atoms with Gasteiger partial charge in [-0.3, -0.25) is 4.98 Å². The fourth-order valence-electron chi connectivity index (χ4n) is 2.09. The van der Waals surface area contributed by atoms with Gasteiger partial charge in [0.25, 0.3) is 0 Å². The molecule has 1 aromatic heterocycles. The summed E-state index contributed by atoms with van der Waals surface area (Å²) in [6.45, 7) is 6.43. The standard InChI is InChI=1S/C13H22ClN3/c1-5-17(11(2)10-16(3)4)13-6-7-15-12(8-13)9-14/h6-8,11H,5,9-10H2,1-4H3. The molecule has 0 saturated carbocycles. The second-order valence-electron chi connectivity index (χ2n) is 4.54. The van der Waals surface area contributed by atoms with Gasteiger partial charge in [0.2, 0.25) is 0 Å². The van der Waals surface area contributed by atoms with E-state index in [2.05, 4.69) is 48.8 Å². The lowest BCUT2D eigenvalue weighted by atomic mass is 10.2. The Morgan fingerprint density at radius 2 is 2.12 bits per heavy atom. The second-order valence-corrected chi connectivity index (χ2v) is 4.80. The number of aromatic nitrogens is 1. The average molecular weight is 256 g/mol. The van der Waals surface area contributed by atoms with Gasteiger partial charge in [-0.05, 0) is 40.1 Å². The van der Waals surface area contributed by atoms with Crippen molar-refractivity contribution >= 4 is 17.3 Å². The topological polar surface area (TPSA) is 19.4 Å². The lowest BCUT2D eigenvalue weighted by Gasteiger charge is -2.32. The molecule has 0 amide bonds. The zero-order valence-electron chi connectivity index (χ0n) is 11.2. The van der Waals surface area contributed by atoms with Gasteiger partial charge in [0, 0.05) is 31.0 Å². The molecule has 0 aromatic carbocycles. The molecule has 4 heteroatoms. The molecule has 1 atom stereocenters. The summed E-state index contributed by atoms with van der Waals surface area (Å²) in [6, 6.07) is 4.59. The van der Waals surface area contributed by atoms with Gasteiger partial charge in [-0.1, -0.05) is 0 Å². The monoisotopic (exact) mass is 255 g/mol. The minimum Gasteiger partial charge on any atom is -0.368 e. The molecule has 0 bridgehead atoms. The van der Waals surface area contributed by atoms with E-state index in [4.69, 9.17) is 11.6 Å². The first kappa shape index (κ1) is 14.3. The van der Waals surface area contributed by atoms with Crippen molar-refractivity contribution in [3.8, 4) is 0 Å². The molecule has 0 N–H and O–H groups in total. The van der Waals surface area contributed by atoms with Crippen molar-refractivity contribution in [1.29, 1.82) is 0 Å². The minimum absolute atomic E-state index is 0.466. The Bertz CT molecular complexity index is 341. The molecular formula is C13H22ClN3. The van der Waals surface area contributed by atoms with Crippen molar-refractivity contribution < 1.29 is 0 Å². The van der Waals surface area contributed by atoms with Crippen LogP contribution in [-0.2, 0) is 5.88 Å². The molecule has 1 aromatic rings. The number of nitrogens with zero attached hydrogens (tertiary/aromatic N) is 3. The number of hydrogen-bond donors (Lipinski definition) is 0. The first-order valence-electron chi connectivity index (χ1n) is 6.00. The Hall–Kier alpha value is -0.800. The minimum atomic E-state index is 0.466. The first-order valence-corrected chi connectivity index (χ1v) is 6.54. The quantitative estimate of drug-likeness (QED) is 0.729. The van der Waals surface area contributed by atoms with Gasteiger partial charge < -0.3 is 9.80 Å². The van der Waals surface area contributed by atoms with E-state index in [1.165, 1.54) is 5.69 Å². The van der Waals surface area contributed by atoms with Crippen LogP contribution in [0.4, 0.5) is 5.69 Å². The Morgan fingerprint density at radius 1 is 1.41 bits per heavy atom. The third-order valence-corrected chi connectivity index (χ3v) is 3.04. The normalized spacial score (nSPS) is 12.8. The van der Waals surface area contributed by atoms with E-state index >= 15 is 0 Å². The zero-order valence-corrected chi connectivity index (χ0v) is 11.9. The van der Waals surface area contributed by atoms with E-state index in [0.29, 0.717) is 11.9 Å². The predicted molar refractivity (Wildman–Crippen MR) is 74.8 cm³/mol. The molecule has 0 aliphatic rings. The Morgan fingerprint density at radius 3 is 2.65 bits per heavy atom. The van der Waals surface area contributed by atoms with Crippen LogP contribution >= 0.6 is 11.6 Å². The van der Waals surface area contributed by atoms with Crippen LogP contribution in [0, 0.1) is 0 Å². The molecule has 17 heavy (non-hydrogen) atoms. The van der Waals surface area contributed by atoms with Crippen molar-refractivity contribution in [2.24, 2.45) is 0 Å². The van der Waals surface area contributed by atoms with E-state index in [1.807, 2.05) is 12.3 Å². The first-order chi connectivity index (χ1) is 8.08. The lowest BCUT2D eigenvalue weighted by Crippen LogP contribution is -2.40. The summed E-state index contributed by atoms with van der Waals surface area (Å²) < 4.78 is 0. The Labute approximate surface area is 109 Å². The van der Waals surface area contributed by atoms with Gasteiger partial charge in [0.15, 0.2) is 0 Å². The maximum absolute atomic E-state index is 5.82. The van der Waals surface area contributed by atoms with Crippen molar-refractivity contribution in [3.05, 3.63) is 24.0 Å². The highest BCUT2D eigenvalue weighted by Crippen LogP contribution is 2.18. The van der Waals surface area contributed by atoms with Crippen LogP contribution in [0.15, 0.2) is 18.3 Å². The predicted octanol–water partition coefficient (Wildman–Crippen LogP) is 2.60. The molecule has 0 radical (unpaired) electrons. The number of alkyl halides is 1. The highest BCUT2D eigenvalue weighted by atomic mass is 35.5. The largest absolute Gasteiger partial charge is 0.368 e. The molecule has 0 saturated heterocycles. The maximum atomic E-state index is 5.82. The Balaban J connectivity index is 2.84. The number of rotatable bonds is 6. The zero-order chi connectivity index (χ0) is 12.8. The molecular weight excluding hydrogens is 234 g/mol. The van der Waals surface area contributed by atoms with Crippen LogP contribution in [0.3, 0.4) is 0 Å². The molecule has 0 aliphatic heterocycles. The van der Waals surface area contributed by atoms with Crippen molar-refractivity contribution in [2.45, 2.75) is 25.8 Å². The third-order valence-electron chi connectivity index (χ3n) is 2.77. The molecule has 0 fully saturated rings. The summed E-state index contributed by atoms with van der Waals surface area (Å²) in [5.41, 5.74) is 2.13. The molecule has 1 rings (SSSR count). The van der Waals surface area contributed by atoms with Crippen LogP contribution in [0.5, 0.6) is 0 Å². The third kappa shape index (κ3) is 4.17. The summed E-state index contributed by atoms with van der Waals surface area (Å²) in [5.74, 6) is 0.466. The summed E-state index contributed by atoms with van der Waals surface area (Å²) in [7, 11) is 4.20. The smallest absolute Gasteiger partial charge is 0.0648 e. The van der Waals surface area contributed by atoms with E-state index < -0.39 is 0 Å². The molecule has 0 aliphatic carbocycles. The van der Waals surface area contributed by atoms with Crippen LogP contribution in [0.1, 0.15) is 19.5 Å². The lowest BCUT2D eigenvalue weighted by molar-refractivity contribution is 0.373. The van der Waals surface area contributed by atoms with E-state index in [0.717, 1.165) is 18.8 Å². The summed E-state index contributed by atoms with van der Waals surface area (Å²) in [5, 5.41) is 0. The van der Waals surface area contributed by atoms with Gasteiger partial charge in [-0.2, -0.15) is 0 Å². The molecule has 1 heterocycles. The molecule has 96 valence electrons. The Kier molecular flexibility index (Phi) is 5.72. The van der Waals surface area contributed by atoms with E-state index in [9.17, 15) is 0 Å². The van der Waals surface area contributed by atoms with Crippen LogP contribution in [0.25, 0.3) is 0 Å². The van der Waals surface area contributed by atoms with Gasteiger partial charge in [-0.15, -0.1) is 11.6 Å². The second kappa shape index (κ2) is 6.82. The molecule has 0 spiro atoms. The van der Waals surface area contributed by atoms with E-state index in [1.54, 1.807) is 0 Å². The fraction of sp³-hybridized carbons (Fsp3) is 0.615. The number of halogens is 1. The van der Waals surface area contributed by atoms with Crippen molar-refractivity contribution in [3.63, 3.8) is 0 Å². The number of hydrogen-bond acceptors (Lipinski definition) is 3. The average Bonchev–Trinajstić information content (AvgIpc) is 2.29. The van der Waals surface area contributed by atoms with Gasteiger partial charge in [0.1, 0.15) is 0 Å². The molecule has 1 unspecified atom stereocenters. The van der Waals surface area contributed by atoms with Crippen LogP contribution in [0.2, 0.25) is 0 Å². The van der Waals surface area contributed by atoms with E-state index in [-0.39, 0.29) is 0 Å². The highest BCUT2D eigenvalue weighted by Gasteiger charge is 2.13. The fourth-order valence-corrected chi connectivity index (χ4v) is 2.24. The van der Waals surface area contributed by atoms with Gasteiger partial charge >= 0.3 is 0 Å².